The van der Waals surface area contributed by atoms with Gasteiger partial charge < -0.3 is 10.6 Å². The Morgan fingerprint density at radius 3 is 2.56 bits per heavy atom. The van der Waals surface area contributed by atoms with E-state index in [-0.39, 0.29) is 29.9 Å². The number of rotatable bonds is 3. The molecule has 1 heterocycles. The summed E-state index contributed by atoms with van der Waals surface area (Å²) >= 11 is 0.868. The van der Waals surface area contributed by atoms with E-state index in [1.807, 2.05) is 0 Å². The molecule has 1 amide bonds. The quantitative estimate of drug-likeness (QED) is 0.927. The average Bonchev–Trinajstić information content (AvgIpc) is 2.64. The Bertz CT molecular complexity index is 408. The minimum Gasteiger partial charge on any atom is -0.338 e. The molecular formula is C9H13ClF3N3OS. The number of nitrogens with two attached hydrogens (primary N) is 1. The highest BCUT2D eigenvalue weighted by Crippen LogP contribution is 2.30. The van der Waals surface area contributed by atoms with Crippen LogP contribution in [-0.2, 0) is 17.5 Å². The van der Waals surface area contributed by atoms with E-state index < -0.39 is 17.9 Å². The normalized spacial score (nSPS) is 12.8. The minimum absolute atomic E-state index is 0. The third kappa shape index (κ3) is 4.43. The maximum atomic E-state index is 12.3. The molecule has 0 saturated heterocycles. The predicted octanol–water partition coefficient (Wildman–Crippen LogP) is 1.89. The topological polar surface area (TPSA) is 59.2 Å². The number of halogens is 4. The van der Waals surface area contributed by atoms with Gasteiger partial charge in [-0.05, 0) is 6.92 Å². The van der Waals surface area contributed by atoms with Crippen molar-refractivity contribution in [3.05, 3.63) is 16.1 Å². The van der Waals surface area contributed by atoms with Crippen LogP contribution in [0.5, 0.6) is 0 Å². The van der Waals surface area contributed by atoms with E-state index in [1.165, 1.54) is 18.9 Å². The molecule has 18 heavy (non-hydrogen) atoms. The van der Waals surface area contributed by atoms with Gasteiger partial charge in [0.1, 0.15) is 5.01 Å². The molecule has 0 aromatic carbocycles. The number of aromatic nitrogens is 1. The van der Waals surface area contributed by atoms with Crippen LogP contribution in [-0.4, -0.2) is 28.9 Å². The first-order valence-corrected chi connectivity index (χ1v) is 5.62. The van der Waals surface area contributed by atoms with E-state index in [4.69, 9.17) is 5.73 Å². The zero-order valence-corrected chi connectivity index (χ0v) is 11.3. The van der Waals surface area contributed by atoms with E-state index in [2.05, 4.69) is 4.98 Å². The summed E-state index contributed by atoms with van der Waals surface area (Å²) in [5, 5.41) is 1.16. The first-order chi connectivity index (χ1) is 7.71. The second-order valence-electron chi connectivity index (χ2n) is 3.61. The number of likely N-dealkylation sites (N-methyl/N-ethyl adjacent to an activating group) is 1. The molecular weight excluding hydrogens is 291 g/mol. The summed E-state index contributed by atoms with van der Waals surface area (Å²) in [6, 6.07) is -0.679. The highest BCUT2D eigenvalue weighted by atomic mass is 35.5. The molecule has 1 rings (SSSR count). The highest BCUT2D eigenvalue weighted by molar-refractivity contribution is 7.09. The van der Waals surface area contributed by atoms with E-state index in [0.29, 0.717) is 0 Å². The molecule has 0 fully saturated rings. The van der Waals surface area contributed by atoms with Crippen LogP contribution in [0.15, 0.2) is 5.38 Å². The summed E-state index contributed by atoms with van der Waals surface area (Å²) in [6.45, 7) is 1.54. The van der Waals surface area contributed by atoms with Crippen molar-refractivity contribution in [1.29, 1.82) is 0 Å². The fourth-order valence-electron chi connectivity index (χ4n) is 1.14. The Labute approximate surface area is 112 Å². The number of amides is 1. The van der Waals surface area contributed by atoms with Crippen molar-refractivity contribution < 1.29 is 18.0 Å². The van der Waals surface area contributed by atoms with Crippen molar-refractivity contribution in [3.8, 4) is 0 Å². The molecule has 0 spiro atoms. The van der Waals surface area contributed by atoms with E-state index in [0.717, 1.165) is 16.7 Å². The van der Waals surface area contributed by atoms with Gasteiger partial charge in [0.2, 0.25) is 5.91 Å². The molecule has 4 nitrogen and oxygen atoms in total. The fraction of sp³-hybridized carbons (Fsp3) is 0.556. The van der Waals surface area contributed by atoms with Crippen molar-refractivity contribution in [3.63, 3.8) is 0 Å². The molecule has 0 aliphatic carbocycles. The Morgan fingerprint density at radius 1 is 1.61 bits per heavy atom. The molecule has 2 N–H and O–H groups in total. The average molecular weight is 304 g/mol. The monoisotopic (exact) mass is 303 g/mol. The van der Waals surface area contributed by atoms with Crippen LogP contribution >= 0.6 is 23.7 Å². The lowest BCUT2D eigenvalue weighted by atomic mass is 10.3. The van der Waals surface area contributed by atoms with Crippen molar-refractivity contribution >= 4 is 29.7 Å². The third-order valence-electron chi connectivity index (χ3n) is 1.98. The lowest BCUT2D eigenvalue weighted by Gasteiger charge is -2.17. The number of hydrogen-bond acceptors (Lipinski definition) is 4. The second-order valence-corrected chi connectivity index (χ2v) is 4.55. The highest BCUT2D eigenvalue weighted by Gasteiger charge is 2.33. The number of carbonyl (C=O) groups excluding carboxylic acids is 1. The number of nitrogens with zero attached hydrogens (tertiary/aromatic N) is 2. The van der Waals surface area contributed by atoms with Crippen molar-refractivity contribution in [2.24, 2.45) is 5.73 Å². The van der Waals surface area contributed by atoms with E-state index >= 15 is 0 Å². The summed E-state index contributed by atoms with van der Waals surface area (Å²) < 4.78 is 36.8. The van der Waals surface area contributed by atoms with Crippen molar-refractivity contribution in [2.75, 3.05) is 7.05 Å². The largest absolute Gasteiger partial charge is 0.434 e. The van der Waals surface area contributed by atoms with Crippen LogP contribution in [0.4, 0.5) is 13.2 Å². The van der Waals surface area contributed by atoms with Gasteiger partial charge in [-0.2, -0.15) is 13.2 Å². The number of thiazole rings is 1. The maximum Gasteiger partial charge on any atom is 0.434 e. The van der Waals surface area contributed by atoms with Gasteiger partial charge in [0.25, 0.3) is 0 Å². The van der Waals surface area contributed by atoms with Gasteiger partial charge in [-0.25, -0.2) is 4.98 Å². The van der Waals surface area contributed by atoms with Gasteiger partial charge in [-0.3, -0.25) is 4.79 Å². The van der Waals surface area contributed by atoms with Crippen LogP contribution in [0, 0.1) is 0 Å². The first-order valence-electron chi connectivity index (χ1n) is 4.74. The molecule has 1 aromatic rings. The summed E-state index contributed by atoms with van der Waals surface area (Å²) in [5.41, 5.74) is 4.45. The Hall–Kier alpha value is -0.860. The van der Waals surface area contributed by atoms with Gasteiger partial charge in [0.15, 0.2) is 5.69 Å². The molecule has 9 heteroatoms. The smallest absolute Gasteiger partial charge is 0.338 e. The molecule has 1 aromatic heterocycles. The second kappa shape index (κ2) is 6.35. The first kappa shape index (κ1) is 17.1. The molecule has 0 bridgehead atoms. The maximum absolute atomic E-state index is 12.3. The summed E-state index contributed by atoms with van der Waals surface area (Å²) in [4.78, 5) is 16.1. The number of carbonyl (C=O) groups is 1. The van der Waals surface area contributed by atoms with Crippen LogP contribution < -0.4 is 5.73 Å². The van der Waals surface area contributed by atoms with Crippen LogP contribution in [0.2, 0.25) is 0 Å². The number of hydrogen-bond donors (Lipinski definition) is 1. The summed E-state index contributed by atoms with van der Waals surface area (Å²) in [7, 11) is 1.47. The van der Waals surface area contributed by atoms with Crippen LogP contribution in [0.1, 0.15) is 17.6 Å². The summed E-state index contributed by atoms with van der Waals surface area (Å²) in [6.07, 6.45) is -4.45. The molecule has 104 valence electrons. The fourth-order valence-corrected chi connectivity index (χ4v) is 2.00. The standard InChI is InChI=1S/C9H12F3N3OS.ClH/c1-5(13)8(16)15(2)3-7-14-6(4-17-7)9(10,11)12;/h4-5H,3,13H2,1-2H3;1H/t5-;/m0./s1. The van der Waals surface area contributed by atoms with E-state index in [1.54, 1.807) is 0 Å². The molecule has 0 radical (unpaired) electrons. The SMILES string of the molecule is C[C@H](N)C(=O)N(C)Cc1nc(C(F)(F)F)cs1.Cl. The minimum atomic E-state index is -4.45. The molecule has 0 unspecified atom stereocenters. The van der Waals surface area contributed by atoms with Gasteiger partial charge in [0, 0.05) is 12.4 Å². The molecule has 0 saturated carbocycles. The zero-order chi connectivity index (χ0) is 13.2. The lowest BCUT2D eigenvalue weighted by Crippen LogP contribution is -2.39. The Morgan fingerprint density at radius 2 is 2.17 bits per heavy atom. The van der Waals surface area contributed by atoms with Gasteiger partial charge in [0.05, 0.1) is 12.6 Å². The van der Waals surface area contributed by atoms with Gasteiger partial charge in [-0.1, -0.05) is 0 Å². The van der Waals surface area contributed by atoms with Crippen molar-refractivity contribution in [2.45, 2.75) is 25.7 Å². The zero-order valence-electron chi connectivity index (χ0n) is 9.69. The summed E-state index contributed by atoms with van der Waals surface area (Å²) in [5.74, 6) is -0.339. The molecule has 1 atom stereocenters. The van der Waals surface area contributed by atoms with Crippen molar-refractivity contribution in [1.82, 2.24) is 9.88 Å². The van der Waals surface area contributed by atoms with Crippen LogP contribution in [0.25, 0.3) is 0 Å². The lowest BCUT2D eigenvalue weighted by molar-refractivity contribution is -0.140. The Kier molecular flexibility index (Phi) is 6.05. The molecule has 0 aliphatic heterocycles. The van der Waals surface area contributed by atoms with Gasteiger partial charge in [-0.15, -0.1) is 23.7 Å². The van der Waals surface area contributed by atoms with Gasteiger partial charge >= 0.3 is 6.18 Å². The van der Waals surface area contributed by atoms with E-state index in [9.17, 15) is 18.0 Å². The number of alkyl halides is 3. The van der Waals surface area contributed by atoms with Crippen LogP contribution in [0.3, 0.4) is 0 Å². The molecule has 0 aliphatic rings. The third-order valence-corrected chi connectivity index (χ3v) is 2.81. The predicted molar refractivity (Wildman–Crippen MR) is 64.5 cm³/mol. The Balaban J connectivity index is 0.00000289.